The Balaban J connectivity index is 1.75. The highest BCUT2D eigenvalue weighted by Crippen LogP contribution is 2.32. The minimum atomic E-state index is -3.72. The number of hydrogen-bond donors (Lipinski definition) is 0. The molecule has 0 N–H and O–H groups in total. The number of cyclic esters (lactones) is 1. The molecule has 9 heteroatoms. The van der Waals surface area contributed by atoms with Gasteiger partial charge in [-0.05, 0) is 37.5 Å². The first-order valence-electron chi connectivity index (χ1n) is 8.67. The quantitative estimate of drug-likeness (QED) is 0.756. The van der Waals surface area contributed by atoms with Crippen LogP contribution in [0.1, 0.15) is 26.2 Å². The molecule has 2 heterocycles. The summed E-state index contributed by atoms with van der Waals surface area (Å²) in [6.07, 6.45) is 1.68. The van der Waals surface area contributed by atoms with Crippen molar-refractivity contribution in [2.75, 3.05) is 26.8 Å². The zero-order chi connectivity index (χ0) is 18.9. The first-order chi connectivity index (χ1) is 12.4. The molecule has 0 aromatic heterocycles. The lowest BCUT2D eigenvalue weighted by atomic mass is 10.0. The SMILES string of the molecule is CCC1COC(=O)N1C1CCN(S(=O)(=O)c2cc(Cl)ccc2OC)CC1. The van der Waals surface area contributed by atoms with Crippen molar-refractivity contribution in [3.8, 4) is 5.75 Å². The third-order valence-corrected chi connectivity index (χ3v) is 7.19. The number of rotatable bonds is 5. The van der Waals surface area contributed by atoms with Crippen molar-refractivity contribution >= 4 is 27.7 Å². The lowest BCUT2D eigenvalue weighted by Gasteiger charge is -2.37. The number of carbonyl (C=O) groups is 1. The normalized spacial score (nSPS) is 22.5. The monoisotopic (exact) mass is 402 g/mol. The van der Waals surface area contributed by atoms with Gasteiger partial charge in [-0.25, -0.2) is 13.2 Å². The fourth-order valence-corrected chi connectivity index (χ4v) is 5.47. The van der Waals surface area contributed by atoms with Crippen LogP contribution in [0, 0.1) is 0 Å². The Kier molecular flexibility index (Phi) is 5.64. The van der Waals surface area contributed by atoms with Crippen molar-refractivity contribution in [2.45, 2.75) is 43.2 Å². The topological polar surface area (TPSA) is 76.2 Å². The van der Waals surface area contributed by atoms with E-state index in [2.05, 4.69) is 0 Å². The Hall–Kier alpha value is -1.51. The molecule has 2 aliphatic heterocycles. The number of amides is 1. The maximum absolute atomic E-state index is 13.0. The standard InChI is InChI=1S/C17H23ClN2O5S/c1-3-13-11-25-17(21)20(13)14-6-8-19(9-7-14)26(22,23)16-10-12(18)4-5-15(16)24-2/h4-5,10,13-14H,3,6-9,11H2,1-2H3. The highest BCUT2D eigenvalue weighted by atomic mass is 35.5. The predicted octanol–water partition coefficient (Wildman–Crippen LogP) is 2.73. The Morgan fingerprint density at radius 1 is 1.31 bits per heavy atom. The maximum atomic E-state index is 13.0. The second-order valence-electron chi connectivity index (χ2n) is 6.48. The van der Waals surface area contributed by atoms with Crippen LogP contribution in [0.5, 0.6) is 5.75 Å². The number of nitrogens with zero attached hydrogens (tertiary/aromatic N) is 2. The van der Waals surface area contributed by atoms with Crippen LogP contribution in [0.4, 0.5) is 4.79 Å². The van der Waals surface area contributed by atoms with Crippen LogP contribution >= 0.6 is 11.6 Å². The molecule has 0 radical (unpaired) electrons. The summed E-state index contributed by atoms with van der Waals surface area (Å²) in [4.78, 5) is 13.9. The van der Waals surface area contributed by atoms with Gasteiger partial charge in [-0.1, -0.05) is 18.5 Å². The third-order valence-electron chi connectivity index (χ3n) is 5.03. The van der Waals surface area contributed by atoms with Gasteiger partial charge < -0.3 is 9.47 Å². The molecule has 2 fully saturated rings. The number of carbonyl (C=O) groups excluding carboxylic acids is 1. The molecule has 1 aromatic carbocycles. The summed E-state index contributed by atoms with van der Waals surface area (Å²) in [5.74, 6) is 0.269. The molecular weight excluding hydrogens is 380 g/mol. The molecule has 0 saturated carbocycles. The van der Waals surface area contributed by atoms with E-state index < -0.39 is 10.0 Å². The Bertz CT molecular complexity index is 777. The Morgan fingerprint density at radius 2 is 2.00 bits per heavy atom. The molecule has 144 valence electrons. The largest absolute Gasteiger partial charge is 0.495 e. The van der Waals surface area contributed by atoms with Crippen molar-refractivity contribution in [3.05, 3.63) is 23.2 Å². The van der Waals surface area contributed by atoms with Gasteiger partial charge in [-0.2, -0.15) is 4.31 Å². The molecule has 3 rings (SSSR count). The summed E-state index contributed by atoms with van der Waals surface area (Å²) in [7, 11) is -2.29. The van der Waals surface area contributed by atoms with Crippen LogP contribution in [0.15, 0.2) is 23.1 Å². The number of piperidine rings is 1. The van der Waals surface area contributed by atoms with Crippen LogP contribution in [-0.4, -0.2) is 62.6 Å². The van der Waals surface area contributed by atoms with Crippen LogP contribution in [0.2, 0.25) is 5.02 Å². The third kappa shape index (κ3) is 3.50. The van der Waals surface area contributed by atoms with E-state index in [-0.39, 0.29) is 28.8 Å². The maximum Gasteiger partial charge on any atom is 0.410 e. The van der Waals surface area contributed by atoms with Gasteiger partial charge >= 0.3 is 6.09 Å². The summed E-state index contributed by atoms with van der Waals surface area (Å²) in [6, 6.07) is 4.63. The Morgan fingerprint density at radius 3 is 2.62 bits per heavy atom. The average molecular weight is 403 g/mol. The van der Waals surface area contributed by atoms with E-state index in [0.717, 1.165) is 6.42 Å². The minimum Gasteiger partial charge on any atom is -0.495 e. The molecule has 1 aromatic rings. The van der Waals surface area contributed by atoms with E-state index in [0.29, 0.717) is 37.6 Å². The first kappa shape index (κ1) is 19.3. The van der Waals surface area contributed by atoms with Crippen molar-refractivity contribution in [1.29, 1.82) is 0 Å². The van der Waals surface area contributed by atoms with Gasteiger partial charge in [-0.3, -0.25) is 4.90 Å². The van der Waals surface area contributed by atoms with E-state index in [4.69, 9.17) is 21.1 Å². The van der Waals surface area contributed by atoms with Crippen LogP contribution < -0.4 is 4.74 Å². The van der Waals surface area contributed by atoms with Gasteiger partial charge in [-0.15, -0.1) is 0 Å². The highest BCUT2D eigenvalue weighted by molar-refractivity contribution is 7.89. The van der Waals surface area contributed by atoms with Gasteiger partial charge in [0.2, 0.25) is 10.0 Å². The average Bonchev–Trinajstić information content (AvgIpc) is 3.02. The fraction of sp³-hybridized carbons (Fsp3) is 0.588. The second kappa shape index (κ2) is 7.62. The van der Waals surface area contributed by atoms with Crippen molar-refractivity contribution < 1.29 is 22.7 Å². The summed E-state index contributed by atoms with van der Waals surface area (Å²) in [5, 5.41) is 0.338. The summed E-state index contributed by atoms with van der Waals surface area (Å²) >= 11 is 5.98. The van der Waals surface area contributed by atoms with Gasteiger partial charge in [0, 0.05) is 24.2 Å². The van der Waals surface area contributed by atoms with Crippen molar-refractivity contribution in [1.82, 2.24) is 9.21 Å². The van der Waals surface area contributed by atoms with E-state index in [9.17, 15) is 13.2 Å². The van der Waals surface area contributed by atoms with Gasteiger partial charge in [0.1, 0.15) is 17.3 Å². The number of ether oxygens (including phenoxy) is 2. The molecule has 2 aliphatic rings. The lowest BCUT2D eigenvalue weighted by molar-refractivity contribution is 0.124. The second-order valence-corrected chi connectivity index (χ2v) is 8.82. The predicted molar refractivity (Wildman–Crippen MR) is 97.1 cm³/mol. The molecule has 0 spiro atoms. The highest BCUT2D eigenvalue weighted by Gasteiger charge is 2.40. The molecular formula is C17H23ClN2O5S. The van der Waals surface area contributed by atoms with Crippen LogP contribution in [0.3, 0.4) is 0 Å². The van der Waals surface area contributed by atoms with Crippen molar-refractivity contribution in [2.24, 2.45) is 0 Å². The number of methoxy groups -OCH3 is 1. The van der Waals surface area contributed by atoms with E-state index in [1.54, 1.807) is 17.0 Å². The van der Waals surface area contributed by atoms with Gasteiger partial charge in [0.05, 0.1) is 13.2 Å². The summed E-state index contributed by atoms with van der Waals surface area (Å²) in [6.45, 7) is 3.10. The lowest BCUT2D eigenvalue weighted by Crippen LogP contribution is -2.49. The van der Waals surface area contributed by atoms with E-state index in [1.807, 2.05) is 6.92 Å². The molecule has 1 amide bonds. The zero-order valence-electron chi connectivity index (χ0n) is 14.9. The molecule has 0 bridgehead atoms. The van der Waals surface area contributed by atoms with Crippen molar-refractivity contribution in [3.63, 3.8) is 0 Å². The van der Waals surface area contributed by atoms with Crippen LogP contribution in [-0.2, 0) is 14.8 Å². The molecule has 1 atom stereocenters. The molecule has 1 unspecified atom stereocenters. The van der Waals surface area contributed by atoms with E-state index in [1.165, 1.54) is 17.5 Å². The molecule has 0 aliphatic carbocycles. The summed E-state index contributed by atoms with van der Waals surface area (Å²) < 4.78 is 37.8. The van der Waals surface area contributed by atoms with E-state index >= 15 is 0 Å². The first-order valence-corrected chi connectivity index (χ1v) is 10.5. The number of benzene rings is 1. The molecule has 26 heavy (non-hydrogen) atoms. The fourth-order valence-electron chi connectivity index (χ4n) is 3.59. The summed E-state index contributed by atoms with van der Waals surface area (Å²) in [5.41, 5.74) is 0. The van der Waals surface area contributed by atoms with Gasteiger partial charge in [0.15, 0.2) is 0 Å². The number of halogens is 1. The molecule has 7 nitrogen and oxygen atoms in total. The zero-order valence-corrected chi connectivity index (χ0v) is 16.4. The Labute approximate surface area is 158 Å². The number of hydrogen-bond acceptors (Lipinski definition) is 5. The smallest absolute Gasteiger partial charge is 0.410 e. The van der Waals surface area contributed by atoms with Crippen LogP contribution in [0.25, 0.3) is 0 Å². The minimum absolute atomic E-state index is 0.00246. The van der Waals surface area contributed by atoms with Gasteiger partial charge in [0.25, 0.3) is 0 Å². The molecule has 2 saturated heterocycles. The number of sulfonamides is 1.